The molecule has 12 heteroatoms. The van der Waals surface area contributed by atoms with E-state index in [2.05, 4.69) is 142 Å². The van der Waals surface area contributed by atoms with Crippen molar-refractivity contribution in [1.29, 1.82) is 5.26 Å². The first-order valence-electron chi connectivity index (χ1n) is 21.8. The average molecular weight is 849 g/mol. The summed E-state index contributed by atoms with van der Waals surface area (Å²) >= 11 is 0. The number of carbonyl (C=O) groups is 1. The van der Waals surface area contributed by atoms with Crippen molar-refractivity contribution in [2.75, 3.05) is 25.1 Å². The molecule has 2 unspecified atom stereocenters. The van der Waals surface area contributed by atoms with Crippen molar-refractivity contribution in [3.8, 4) is 6.07 Å². The fourth-order valence-electron chi connectivity index (χ4n) is 7.87. The Bertz CT molecular complexity index is 1830. The molecule has 1 N–H and O–H groups in total. The third-order valence-corrected chi connectivity index (χ3v) is 24.8. The van der Waals surface area contributed by atoms with Crippen LogP contribution in [0.25, 0.3) is 5.57 Å². The van der Waals surface area contributed by atoms with Gasteiger partial charge in [0.1, 0.15) is 12.8 Å². The number of ether oxygens (including phenoxy) is 2. The first kappa shape index (κ1) is 46.7. The molecule has 3 aliphatic rings. The number of nitriles is 1. The number of hydrogen-bond acceptors (Lipinski definition) is 7. The predicted octanol–water partition coefficient (Wildman–Crippen LogP) is 12.1. The van der Waals surface area contributed by atoms with Gasteiger partial charge in [0.25, 0.3) is 5.91 Å². The first-order valence-corrected chi connectivity index (χ1v) is 31.3. The Balaban J connectivity index is 1.49. The minimum atomic E-state index is -2.03. The third-order valence-electron chi connectivity index (χ3n) is 14.1. The second-order valence-electron chi connectivity index (χ2n) is 22.9. The fraction of sp³-hybridized carbons (Fsp3) is 0.717. The van der Waals surface area contributed by atoms with Gasteiger partial charge in [-0.05, 0) is 122 Å². The minimum Gasteiger partial charge on any atom is -0.414 e. The van der Waals surface area contributed by atoms with E-state index < -0.39 is 24.7 Å². The number of fused-ring (bicyclic) bond motifs is 2. The number of allylic oxidation sites excluding steroid dienone is 2. The Kier molecular flexibility index (Phi) is 13.5. The highest BCUT2D eigenvalue weighted by Gasteiger charge is 2.57. The number of benzene rings is 1. The van der Waals surface area contributed by atoms with Crippen LogP contribution in [-0.2, 0) is 25.1 Å². The molecule has 1 aromatic carbocycles. The Hall–Kier alpha value is -2.38. The van der Waals surface area contributed by atoms with Crippen molar-refractivity contribution in [2.24, 2.45) is 5.41 Å². The molecule has 2 aromatic rings. The van der Waals surface area contributed by atoms with Crippen molar-refractivity contribution in [2.45, 2.75) is 186 Å². The lowest BCUT2D eigenvalue weighted by Crippen LogP contribution is -2.53. The number of carbonyl (C=O) groups excluding carboxylic acids is 1. The largest absolute Gasteiger partial charge is 0.414 e. The molecule has 2 saturated heterocycles. The lowest BCUT2D eigenvalue weighted by molar-refractivity contribution is -0.173. The van der Waals surface area contributed by atoms with E-state index in [9.17, 15) is 10.1 Å². The van der Waals surface area contributed by atoms with Gasteiger partial charge >= 0.3 is 0 Å². The molecule has 0 spiro atoms. The van der Waals surface area contributed by atoms with Gasteiger partial charge in [-0.3, -0.25) is 4.79 Å². The van der Waals surface area contributed by atoms with E-state index in [1.165, 1.54) is 11.1 Å². The molecule has 1 aromatic heterocycles. The Morgan fingerprint density at radius 3 is 2.03 bits per heavy atom. The van der Waals surface area contributed by atoms with Crippen LogP contribution in [0.15, 0.2) is 30.5 Å². The van der Waals surface area contributed by atoms with Crippen molar-refractivity contribution in [3.63, 3.8) is 0 Å². The summed E-state index contributed by atoms with van der Waals surface area (Å²) in [6.07, 6.45) is 10.6. The van der Waals surface area contributed by atoms with Crippen LogP contribution in [0.1, 0.15) is 134 Å². The van der Waals surface area contributed by atoms with Crippen LogP contribution in [0.5, 0.6) is 0 Å². The van der Waals surface area contributed by atoms with Crippen molar-refractivity contribution in [1.82, 2.24) is 9.55 Å². The highest BCUT2D eigenvalue weighted by atomic mass is 28.4. The van der Waals surface area contributed by atoms with E-state index in [1.807, 2.05) is 0 Å². The number of rotatable bonds is 15. The van der Waals surface area contributed by atoms with Crippen LogP contribution in [-0.4, -0.2) is 71.2 Å². The van der Waals surface area contributed by atoms with Crippen molar-refractivity contribution < 1.29 is 23.1 Å². The van der Waals surface area contributed by atoms with E-state index in [0.717, 1.165) is 62.2 Å². The monoisotopic (exact) mass is 849 g/mol. The van der Waals surface area contributed by atoms with Crippen LogP contribution in [0, 0.1) is 16.7 Å². The summed E-state index contributed by atoms with van der Waals surface area (Å²) in [6, 6.07) is 9.75. The summed E-state index contributed by atoms with van der Waals surface area (Å²) in [7, 11) is -5.35. The van der Waals surface area contributed by atoms with E-state index in [1.54, 1.807) is 10.8 Å². The standard InChI is InChI=1S/C46H76N4O5Si3/c1-42(2,3)57(12,13)53-31-45-22-23-46(55-45,32-54-58(14,15)43(4,5)6)28-36(27-45)35-16-17-39(38(26-35)34-18-20-44(7,8)21-19-34)49-41(51)40-48-37(29-47)30-50(40)33-52-24-25-56(9,10)11/h16-18,26,30,36H,19-25,27-28,31-33H2,1-15H3,(H,49,51). The molecule has 1 aliphatic carbocycles. The maximum absolute atomic E-state index is 14.1. The van der Waals surface area contributed by atoms with Gasteiger partial charge in [0.15, 0.2) is 22.3 Å². The van der Waals surface area contributed by atoms with Gasteiger partial charge in [0, 0.05) is 32.1 Å². The number of anilines is 1. The van der Waals surface area contributed by atoms with Gasteiger partial charge in [0.05, 0.1) is 24.4 Å². The molecular weight excluding hydrogens is 773 g/mol. The van der Waals surface area contributed by atoms with Crippen LogP contribution in [0.2, 0.25) is 61.9 Å². The number of imidazole rings is 1. The van der Waals surface area contributed by atoms with Gasteiger partial charge in [0.2, 0.25) is 5.82 Å². The summed E-state index contributed by atoms with van der Waals surface area (Å²) < 4.78 is 28.9. The summed E-state index contributed by atoms with van der Waals surface area (Å²) in [5.74, 6) is 0.0529. The summed E-state index contributed by atoms with van der Waals surface area (Å²) in [5, 5.41) is 13.2. The van der Waals surface area contributed by atoms with Gasteiger partial charge in [-0.15, -0.1) is 0 Å². The molecule has 0 saturated carbocycles. The number of nitrogens with one attached hydrogen (secondary N) is 1. The first-order chi connectivity index (χ1) is 26.6. The van der Waals surface area contributed by atoms with Gasteiger partial charge in [-0.25, -0.2) is 4.98 Å². The molecule has 2 bridgehead atoms. The SMILES string of the molecule is CC1(C)CC=C(c2cc(C3CC4(CO[Si](C)(C)C(C)(C)C)CCC(CO[Si](C)(C)C(C)(C)C)(C3)O4)ccc2NC(=O)c2nc(C#N)cn2COCC[Si](C)(C)C)CC1. The molecule has 2 atom stereocenters. The van der Waals surface area contributed by atoms with Gasteiger partial charge in [-0.2, -0.15) is 5.26 Å². The molecule has 2 aliphatic heterocycles. The van der Waals surface area contributed by atoms with Gasteiger partial charge < -0.3 is 28.2 Å². The number of amides is 1. The summed E-state index contributed by atoms with van der Waals surface area (Å²) in [4.78, 5) is 18.5. The minimum absolute atomic E-state index is 0.101. The molecular formula is C46H76N4O5Si3. The quantitative estimate of drug-likeness (QED) is 0.140. The average Bonchev–Trinajstić information content (AvgIpc) is 3.65. The molecule has 3 heterocycles. The fourth-order valence-corrected chi connectivity index (χ4v) is 10.7. The van der Waals surface area contributed by atoms with Gasteiger partial charge in [-0.1, -0.05) is 87.2 Å². The zero-order valence-electron chi connectivity index (χ0n) is 38.8. The second kappa shape index (κ2) is 16.8. The van der Waals surface area contributed by atoms with E-state index in [-0.39, 0.29) is 56.8 Å². The normalized spacial score (nSPS) is 24.0. The summed E-state index contributed by atoms with van der Waals surface area (Å²) in [5.41, 5.74) is 3.99. The maximum Gasteiger partial charge on any atom is 0.291 e. The van der Waals surface area contributed by atoms with Crippen LogP contribution >= 0.6 is 0 Å². The smallest absolute Gasteiger partial charge is 0.291 e. The number of nitrogens with zero attached hydrogens (tertiary/aromatic N) is 3. The third kappa shape index (κ3) is 11.1. The molecule has 322 valence electrons. The van der Waals surface area contributed by atoms with Crippen molar-refractivity contribution in [3.05, 3.63) is 53.1 Å². The molecule has 5 rings (SSSR count). The van der Waals surface area contributed by atoms with Crippen LogP contribution in [0.3, 0.4) is 0 Å². The topological polar surface area (TPSA) is 108 Å². The molecule has 9 nitrogen and oxygen atoms in total. The zero-order valence-corrected chi connectivity index (χ0v) is 41.8. The summed E-state index contributed by atoms with van der Waals surface area (Å²) in [6.45, 7) is 36.7. The number of aromatic nitrogens is 2. The van der Waals surface area contributed by atoms with E-state index >= 15 is 0 Å². The Labute approximate surface area is 354 Å². The zero-order chi connectivity index (χ0) is 43.2. The highest BCUT2D eigenvalue weighted by molar-refractivity contribution is 6.76. The predicted molar refractivity (Wildman–Crippen MR) is 245 cm³/mol. The lowest BCUT2D eigenvalue weighted by atomic mass is 9.75. The lowest BCUT2D eigenvalue weighted by Gasteiger charge is -2.47. The molecule has 58 heavy (non-hydrogen) atoms. The van der Waals surface area contributed by atoms with Crippen LogP contribution < -0.4 is 5.32 Å². The van der Waals surface area contributed by atoms with E-state index in [0.29, 0.717) is 19.8 Å². The highest BCUT2D eigenvalue weighted by Crippen LogP contribution is 2.55. The molecule has 1 amide bonds. The number of hydrogen-bond donors (Lipinski definition) is 1. The Morgan fingerprint density at radius 2 is 1.53 bits per heavy atom. The van der Waals surface area contributed by atoms with Crippen LogP contribution in [0.4, 0.5) is 5.69 Å². The van der Waals surface area contributed by atoms with E-state index in [4.69, 9.17) is 18.3 Å². The second-order valence-corrected chi connectivity index (χ2v) is 38.1. The maximum atomic E-state index is 14.1. The molecule has 0 radical (unpaired) electrons. The van der Waals surface area contributed by atoms with Crippen molar-refractivity contribution >= 4 is 41.9 Å². The molecule has 2 fully saturated rings. The Morgan fingerprint density at radius 1 is 0.948 bits per heavy atom.